The van der Waals surface area contributed by atoms with E-state index in [0.717, 1.165) is 32.1 Å². The predicted molar refractivity (Wildman–Crippen MR) is 92.8 cm³/mol. The number of nitrogens with zero attached hydrogens (tertiary/aromatic N) is 1. The molecule has 1 saturated carbocycles. The summed E-state index contributed by atoms with van der Waals surface area (Å²) in [7, 11) is -3.57. The Morgan fingerprint density at radius 3 is 2.44 bits per heavy atom. The molecule has 3 rings (SSSR count). The van der Waals surface area contributed by atoms with Gasteiger partial charge in [0.15, 0.2) is 5.82 Å². The van der Waals surface area contributed by atoms with Crippen molar-refractivity contribution in [1.29, 1.82) is 0 Å². The maximum absolute atomic E-state index is 12.4. The molecule has 1 aliphatic carbocycles. The molecule has 0 radical (unpaired) electrons. The fraction of sp³-hybridized carbons (Fsp3) is 0.412. The number of carbonyl (C=O) groups is 1. The zero-order chi connectivity index (χ0) is 17.9. The second kappa shape index (κ2) is 7.37. The van der Waals surface area contributed by atoms with Gasteiger partial charge in [0, 0.05) is 17.7 Å². The van der Waals surface area contributed by atoms with E-state index >= 15 is 0 Å². The van der Waals surface area contributed by atoms with Gasteiger partial charge >= 0.3 is 0 Å². The number of amides is 1. The van der Waals surface area contributed by atoms with Gasteiger partial charge in [-0.05, 0) is 44.0 Å². The minimum atomic E-state index is -3.57. The Hall–Kier alpha value is -2.19. The van der Waals surface area contributed by atoms with E-state index < -0.39 is 10.0 Å². The van der Waals surface area contributed by atoms with Crippen LogP contribution in [0.15, 0.2) is 39.8 Å². The molecule has 1 amide bonds. The summed E-state index contributed by atoms with van der Waals surface area (Å²) in [4.78, 5) is 12.3. The first-order valence-electron chi connectivity index (χ1n) is 8.31. The Morgan fingerprint density at radius 1 is 1.16 bits per heavy atom. The zero-order valence-corrected chi connectivity index (χ0v) is 14.8. The van der Waals surface area contributed by atoms with Crippen LogP contribution in [0.1, 0.15) is 48.2 Å². The molecular formula is C17H21N3O4S. The van der Waals surface area contributed by atoms with Gasteiger partial charge in [-0.3, -0.25) is 4.79 Å². The van der Waals surface area contributed by atoms with Crippen LogP contribution < -0.4 is 10.0 Å². The van der Waals surface area contributed by atoms with Gasteiger partial charge in [-0.1, -0.05) is 24.4 Å². The first-order valence-corrected chi connectivity index (χ1v) is 9.79. The SMILES string of the molecule is Cc1cc(NC(=O)c2ccc(S(=O)(=O)NC3CCCCC3)cc2)no1. The second-order valence-electron chi connectivity index (χ2n) is 6.26. The molecule has 2 aromatic rings. The van der Waals surface area contributed by atoms with Crippen molar-refractivity contribution in [3.8, 4) is 0 Å². The Bertz CT molecular complexity index is 837. The van der Waals surface area contributed by atoms with E-state index in [2.05, 4.69) is 15.2 Å². The topological polar surface area (TPSA) is 101 Å². The quantitative estimate of drug-likeness (QED) is 0.850. The van der Waals surface area contributed by atoms with Gasteiger partial charge in [-0.15, -0.1) is 0 Å². The Labute approximate surface area is 146 Å². The number of anilines is 1. The average Bonchev–Trinajstić information content (AvgIpc) is 3.00. The first-order chi connectivity index (χ1) is 11.9. The molecule has 2 N–H and O–H groups in total. The number of hydrogen-bond donors (Lipinski definition) is 2. The van der Waals surface area contributed by atoms with Crippen molar-refractivity contribution in [2.75, 3.05) is 5.32 Å². The molecule has 1 aromatic heterocycles. The van der Waals surface area contributed by atoms with Crippen molar-refractivity contribution >= 4 is 21.7 Å². The van der Waals surface area contributed by atoms with Gasteiger partial charge in [0.1, 0.15) is 5.76 Å². The van der Waals surface area contributed by atoms with Crippen molar-refractivity contribution in [2.24, 2.45) is 0 Å². The van der Waals surface area contributed by atoms with Gasteiger partial charge < -0.3 is 9.84 Å². The van der Waals surface area contributed by atoms with Crippen molar-refractivity contribution in [1.82, 2.24) is 9.88 Å². The van der Waals surface area contributed by atoms with Crippen molar-refractivity contribution < 1.29 is 17.7 Å². The standard InChI is InChI=1S/C17H21N3O4S/c1-12-11-16(19-24-12)18-17(21)13-7-9-15(10-8-13)25(22,23)20-14-5-3-2-4-6-14/h7-11,14,20H,2-6H2,1H3,(H,18,19,21). The second-order valence-corrected chi connectivity index (χ2v) is 7.97. The van der Waals surface area contributed by atoms with Gasteiger partial charge in [-0.2, -0.15) is 0 Å². The molecule has 1 fully saturated rings. The van der Waals surface area contributed by atoms with Crippen molar-refractivity contribution in [3.05, 3.63) is 41.7 Å². The molecule has 8 heteroatoms. The molecule has 1 aliphatic rings. The highest BCUT2D eigenvalue weighted by Crippen LogP contribution is 2.20. The fourth-order valence-corrected chi connectivity index (χ4v) is 4.21. The molecule has 0 aliphatic heterocycles. The van der Waals surface area contributed by atoms with Gasteiger partial charge in [0.25, 0.3) is 5.91 Å². The highest BCUT2D eigenvalue weighted by molar-refractivity contribution is 7.89. The summed E-state index contributed by atoms with van der Waals surface area (Å²) in [5.41, 5.74) is 0.345. The number of carbonyl (C=O) groups excluding carboxylic acids is 1. The summed E-state index contributed by atoms with van der Waals surface area (Å²) in [6.45, 7) is 1.72. The Kier molecular flexibility index (Phi) is 5.19. The van der Waals surface area contributed by atoms with E-state index in [1.54, 1.807) is 13.0 Å². The predicted octanol–water partition coefficient (Wildman–Crippen LogP) is 2.85. The van der Waals surface area contributed by atoms with E-state index in [1.807, 2.05) is 0 Å². The van der Waals surface area contributed by atoms with Crippen molar-refractivity contribution in [2.45, 2.75) is 50.0 Å². The molecule has 0 saturated heterocycles. The Balaban J connectivity index is 1.67. The van der Waals surface area contributed by atoms with Crippen LogP contribution in [-0.2, 0) is 10.0 Å². The minimum Gasteiger partial charge on any atom is -0.360 e. The molecule has 0 bridgehead atoms. The molecule has 25 heavy (non-hydrogen) atoms. The highest BCUT2D eigenvalue weighted by Gasteiger charge is 2.22. The molecule has 1 heterocycles. The Morgan fingerprint density at radius 2 is 1.84 bits per heavy atom. The summed E-state index contributed by atoms with van der Waals surface area (Å²) in [6, 6.07) is 7.44. The molecule has 7 nitrogen and oxygen atoms in total. The van der Waals surface area contributed by atoms with Crippen molar-refractivity contribution in [3.63, 3.8) is 0 Å². The summed E-state index contributed by atoms with van der Waals surface area (Å²) < 4.78 is 32.5. The van der Waals surface area contributed by atoms with E-state index in [4.69, 9.17) is 4.52 Å². The number of aryl methyl sites for hydroxylation is 1. The van der Waals surface area contributed by atoms with Gasteiger partial charge in [0.05, 0.1) is 4.90 Å². The third kappa shape index (κ3) is 4.46. The van der Waals surface area contributed by atoms with E-state index in [-0.39, 0.29) is 16.8 Å². The number of benzene rings is 1. The third-order valence-corrected chi connectivity index (χ3v) is 5.76. The summed E-state index contributed by atoms with van der Waals surface area (Å²) >= 11 is 0. The lowest BCUT2D eigenvalue weighted by atomic mass is 9.96. The number of sulfonamides is 1. The number of hydrogen-bond acceptors (Lipinski definition) is 5. The van der Waals surface area contributed by atoms with E-state index in [0.29, 0.717) is 17.1 Å². The van der Waals surface area contributed by atoms with Crippen LogP contribution in [0.5, 0.6) is 0 Å². The number of nitrogens with one attached hydrogen (secondary N) is 2. The largest absolute Gasteiger partial charge is 0.360 e. The van der Waals surface area contributed by atoms with Crippen LogP contribution in [0.2, 0.25) is 0 Å². The average molecular weight is 363 g/mol. The number of rotatable bonds is 5. The zero-order valence-electron chi connectivity index (χ0n) is 14.0. The summed E-state index contributed by atoms with van der Waals surface area (Å²) in [6.07, 6.45) is 5.00. The van der Waals surface area contributed by atoms with Gasteiger partial charge in [-0.25, -0.2) is 13.1 Å². The molecule has 0 spiro atoms. The van der Waals surface area contributed by atoms with E-state index in [9.17, 15) is 13.2 Å². The molecule has 1 aromatic carbocycles. The molecular weight excluding hydrogens is 342 g/mol. The first kappa shape index (κ1) is 17.6. The lowest BCUT2D eigenvalue weighted by molar-refractivity contribution is 0.102. The van der Waals surface area contributed by atoms with Crippen LogP contribution in [0, 0.1) is 6.92 Å². The fourth-order valence-electron chi connectivity index (χ4n) is 2.91. The van der Waals surface area contributed by atoms with Crippen LogP contribution in [-0.4, -0.2) is 25.5 Å². The van der Waals surface area contributed by atoms with Crippen LogP contribution in [0.3, 0.4) is 0 Å². The molecule has 0 atom stereocenters. The normalized spacial score (nSPS) is 15.9. The van der Waals surface area contributed by atoms with E-state index in [1.165, 1.54) is 24.3 Å². The smallest absolute Gasteiger partial charge is 0.256 e. The monoisotopic (exact) mass is 363 g/mol. The van der Waals surface area contributed by atoms with Crippen LogP contribution >= 0.6 is 0 Å². The van der Waals surface area contributed by atoms with Crippen LogP contribution in [0.25, 0.3) is 0 Å². The maximum Gasteiger partial charge on any atom is 0.256 e. The molecule has 134 valence electrons. The minimum absolute atomic E-state index is 0.00266. The number of aromatic nitrogens is 1. The maximum atomic E-state index is 12.4. The third-order valence-electron chi connectivity index (χ3n) is 4.22. The lowest BCUT2D eigenvalue weighted by Gasteiger charge is -2.22. The van der Waals surface area contributed by atoms with Crippen LogP contribution in [0.4, 0.5) is 5.82 Å². The summed E-state index contributed by atoms with van der Waals surface area (Å²) in [5, 5.41) is 6.28. The van der Waals surface area contributed by atoms with Gasteiger partial charge in [0.2, 0.25) is 10.0 Å². The highest BCUT2D eigenvalue weighted by atomic mass is 32.2. The lowest BCUT2D eigenvalue weighted by Crippen LogP contribution is -2.36. The molecule has 0 unspecified atom stereocenters. The summed E-state index contributed by atoms with van der Waals surface area (Å²) in [5.74, 6) is 0.529.